The van der Waals surface area contributed by atoms with Crippen molar-refractivity contribution in [1.82, 2.24) is 4.31 Å². The molecule has 0 fully saturated rings. The van der Waals surface area contributed by atoms with Gasteiger partial charge in [-0.2, -0.15) is 4.31 Å². The number of anilines is 1. The molecular formula is C11H18N2O4S. The predicted molar refractivity (Wildman–Crippen MR) is 68.9 cm³/mol. The van der Waals surface area contributed by atoms with Gasteiger partial charge in [0.25, 0.3) is 0 Å². The Morgan fingerprint density at radius 3 is 2.61 bits per heavy atom. The van der Waals surface area contributed by atoms with Gasteiger partial charge in [0.2, 0.25) is 10.0 Å². The molecule has 3 N–H and O–H groups in total. The van der Waals surface area contributed by atoms with Crippen molar-refractivity contribution in [3.63, 3.8) is 0 Å². The number of methoxy groups -OCH3 is 1. The van der Waals surface area contributed by atoms with Crippen LogP contribution in [0.3, 0.4) is 0 Å². The number of nitrogen functional groups attached to an aromatic ring is 1. The van der Waals surface area contributed by atoms with Crippen LogP contribution in [0.15, 0.2) is 23.1 Å². The van der Waals surface area contributed by atoms with Crippen molar-refractivity contribution in [1.29, 1.82) is 0 Å². The summed E-state index contributed by atoms with van der Waals surface area (Å²) >= 11 is 0. The molecule has 0 heterocycles. The third-order valence-corrected chi connectivity index (χ3v) is 4.52. The monoisotopic (exact) mass is 274 g/mol. The normalized spacial score (nSPS) is 11.8. The van der Waals surface area contributed by atoms with Crippen molar-refractivity contribution in [3.05, 3.63) is 18.2 Å². The fraction of sp³-hybridized carbons (Fsp3) is 0.455. The molecule has 0 aliphatic rings. The lowest BCUT2D eigenvalue weighted by molar-refractivity contribution is 0.256. The molecule has 0 spiro atoms. The van der Waals surface area contributed by atoms with Crippen molar-refractivity contribution in [2.75, 3.05) is 32.5 Å². The van der Waals surface area contributed by atoms with Gasteiger partial charge in [-0.25, -0.2) is 8.42 Å². The molecule has 6 nitrogen and oxygen atoms in total. The summed E-state index contributed by atoms with van der Waals surface area (Å²) in [7, 11) is -2.29. The Balaban J connectivity index is 3.26. The smallest absolute Gasteiger partial charge is 0.246 e. The SMILES string of the molecule is CCN(CCO)S(=O)(=O)c1ccc(N)cc1OC. The van der Waals surface area contributed by atoms with Crippen LogP contribution in [-0.2, 0) is 10.0 Å². The fourth-order valence-corrected chi connectivity index (χ4v) is 3.17. The highest BCUT2D eigenvalue weighted by Gasteiger charge is 2.26. The Bertz CT molecular complexity index is 502. The van der Waals surface area contributed by atoms with Gasteiger partial charge in [0, 0.05) is 24.8 Å². The van der Waals surface area contributed by atoms with Crippen LogP contribution in [0.5, 0.6) is 5.75 Å². The molecule has 0 atom stereocenters. The number of aliphatic hydroxyl groups is 1. The number of ether oxygens (including phenoxy) is 1. The van der Waals surface area contributed by atoms with Gasteiger partial charge in [-0.15, -0.1) is 0 Å². The Kier molecular flexibility index (Phi) is 4.94. The van der Waals surface area contributed by atoms with E-state index >= 15 is 0 Å². The number of hydrogen-bond donors (Lipinski definition) is 2. The Morgan fingerprint density at radius 2 is 2.11 bits per heavy atom. The van der Waals surface area contributed by atoms with E-state index in [2.05, 4.69) is 0 Å². The molecule has 0 radical (unpaired) electrons. The first kappa shape index (κ1) is 14.7. The Morgan fingerprint density at radius 1 is 1.44 bits per heavy atom. The minimum atomic E-state index is -3.68. The molecule has 0 aliphatic carbocycles. The largest absolute Gasteiger partial charge is 0.495 e. The van der Waals surface area contributed by atoms with Crippen molar-refractivity contribution in [2.24, 2.45) is 0 Å². The van der Waals surface area contributed by atoms with Gasteiger partial charge in [0.05, 0.1) is 13.7 Å². The molecule has 0 amide bonds. The van der Waals surface area contributed by atoms with Crippen molar-refractivity contribution < 1.29 is 18.3 Å². The quantitative estimate of drug-likeness (QED) is 0.727. The third-order valence-electron chi connectivity index (χ3n) is 2.51. The van der Waals surface area contributed by atoms with E-state index in [1.807, 2.05) is 0 Å². The topological polar surface area (TPSA) is 92.9 Å². The summed E-state index contributed by atoms with van der Waals surface area (Å²) in [5.41, 5.74) is 6.01. The minimum absolute atomic E-state index is 0.0480. The van der Waals surface area contributed by atoms with E-state index < -0.39 is 10.0 Å². The highest BCUT2D eigenvalue weighted by molar-refractivity contribution is 7.89. The first-order valence-corrected chi connectivity index (χ1v) is 6.95. The molecule has 102 valence electrons. The fourth-order valence-electron chi connectivity index (χ4n) is 1.60. The van der Waals surface area contributed by atoms with E-state index in [-0.39, 0.29) is 30.3 Å². The summed E-state index contributed by atoms with van der Waals surface area (Å²) in [6.45, 7) is 1.80. The summed E-state index contributed by atoms with van der Waals surface area (Å²) < 4.78 is 30.9. The molecule has 1 aromatic carbocycles. The molecule has 18 heavy (non-hydrogen) atoms. The van der Waals surface area contributed by atoms with E-state index in [1.54, 1.807) is 6.92 Å². The van der Waals surface area contributed by atoms with Crippen LogP contribution in [0, 0.1) is 0 Å². The predicted octanol–water partition coefficient (Wildman–Crippen LogP) is 0.280. The van der Waals surface area contributed by atoms with Crippen LogP contribution >= 0.6 is 0 Å². The summed E-state index contributed by atoms with van der Waals surface area (Å²) in [4.78, 5) is 0.0505. The number of hydrogen-bond acceptors (Lipinski definition) is 5. The van der Waals surface area contributed by atoms with Gasteiger partial charge in [0.15, 0.2) is 0 Å². The van der Waals surface area contributed by atoms with Crippen LogP contribution in [0.1, 0.15) is 6.92 Å². The maximum Gasteiger partial charge on any atom is 0.246 e. The molecule has 1 rings (SSSR count). The van der Waals surface area contributed by atoms with Crippen LogP contribution < -0.4 is 10.5 Å². The number of likely N-dealkylation sites (N-methyl/N-ethyl adjacent to an activating group) is 1. The molecular weight excluding hydrogens is 256 g/mol. The van der Waals surface area contributed by atoms with E-state index in [9.17, 15) is 8.42 Å². The van der Waals surface area contributed by atoms with Gasteiger partial charge >= 0.3 is 0 Å². The number of benzene rings is 1. The van der Waals surface area contributed by atoms with Crippen molar-refractivity contribution >= 4 is 15.7 Å². The molecule has 0 aromatic heterocycles. The number of rotatable bonds is 6. The number of nitrogens with two attached hydrogens (primary N) is 1. The van der Waals surface area contributed by atoms with Gasteiger partial charge in [-0.05, 0) is 12.1 Å². The van der Waals surface area contributed by atoms with Crippen molar-refractivity contribution in [2.45, 2.75) is 11.8 Å². The summed E-state index contributed by atoms with van der Waals surface area (Å²) in [6.07, 6.45) is 0. The third kappa shape index (κ3) is 2.92. The second kappa shape index (κ2) is 6.03. The van der Waals surface area contributed by atoms with E-state index in [4.69, 9.17) is 15.6 Å². The molecule has 0 saturated carbocycles. The van der Waals surface area contributed by atoms with Gasteiger partial charge in [0.1, 0.15) is 10.6 Å². The van der Waals surface area contributed by atoms with E-state index in [1.165, 1.54) is 29.6 Å². The van der Waals surface area contributed by atoms with Crippen LogP contribution in [0.4, 0.5) is 5.69 Å². The first-order chi connectivity index (χ1) is 8.47. The highest BCUT2D eigenvalue weighted by Crippen LogP contribution is 2.28. The van der Waals surface area contributed by atoms with Crippen LogP contribution in [0.25, 0.3) is 0 Å². The Labute approximate surface area is 107 Å². The van der Waals surface area contributed by atoms with Gasteiger partial charge < -0.3 is 15.6 Å². The summed E-state index contributed by atoms with van der Waals surface area (Å²) in [6, 6.07) is 4.37. The number of aliphatic hydroxyl groups excluding tert-OH is 1. The van der Waals surface area contributed by atoms with Gasteiger partial charge in [-0.1, -0.05) is 6.92 Å². The maximum atomic E-state index is 12.3. The molecule has 7 heteroatoms. The maximum absolute atomic E-state index is 12.3. The molecule has 0 unspecified atom stereocenters. The zero-order valence-electron chi connectivity index (χ0n) is 10.5. The second-order valence-corrected chi connectivity index (χ2v) is 5.54. The molecule has 1 aromatic rings. The lowest BCUT2D eigenvalue weighted by Crippen LogP contribution is -2.33. The van der Waals surface area contributed by atoms with Gasteiger partial charge in [-0.3, -0.25) is 0 Å². The minimum Gasteiger partial charge on any atom is -0.495 e. The average Bonchev–Trinajstić information content (AvgIpc) is 2.35. The zero-order chi connectivity index (χ0) is 13.8. The highest BCUT2D eigenvalue weighted by atomic mass is 32.2. The Hall–Kier alpha value is -1.31. The van der Waals surface area contributed by atoms with E-state index in [0.29, 0.717) is 5.69 Å². The first-order valence-electron chi connectivity index (χ1n) is 5.51. The van der Waals surface area contributed by atoms with Crippen LogP contribution in [-0.4, -0.2) is 44.6 Å². The van der Waals surface area contributed by atoms with E-state index in [0.717, 1.165) is 0 Å². The number of nitrogens with zero attached hydrogens (tertiary/aromatic N) is 1. The lowest BCUT2D eigenvalue weighted by atomic mass is 10.3. The molecule has 0 aliphatic heterocycles. The average molecular weight is 274 g/mol. The second-order valence-electron chi connectivity index (χ2n) is 3.63. The standard InChI is InChI=1S/C11H18N2O4S/c1-3-13(6-7-14)18(15,16)11-5-4-9(12)8-10(11)17-2/h4-5,8,14H,3,6-7,12H2,1-2H3. The number of sulfonamides is 1. The van der Waals surface area contributed by atoms with Crippen molar-refractivity contribution in [3.8, 4) is 5.75 Å². The summed E-state index contributed by atoms with van der Waals surface area (Å²) in [5, 5.41) is 8.89. The molecule has 0 bridgehead atoms. The zero-order valence-corrected chi connectivity index (χ0v) is 11.3. The lowest BCUT2D eigenvalue weighted by Gasteiger charge is -2.20. The summed E-state index contributed by atoms with van der Waals surface area (Å²) in [5.74, 6) is 0.200. The molecule has 0 saturated heterocycles. The van der Waals surface area contributed by atoms with Crippen LogP contribution in [0.2, 0.25) is 0 Å².